The first-order valence-corrected chi connectivity index (χ1v) is 9.57. The van der Waals surface area contributed by atoms with E-state index in [2.05, 4.69) is 48.6 Å². The summed E-state index contributed by atoms with van der Waals surface area (Å²) in [6.07, 6.45) is 8.19. The molecule has 0 atom stereocenters. The third-order valence-corrected chi connectivity index (χ3v) is 4.39. The second kappa shape index (κ2) is 12.6. The van der Waals surface area contributed by atoms with Crippen LogP contribution in [0, 0.1) is 22.7 Å². The summed E-state index contributed by atoms with van der Waals surface area (Å²) in [5.41, 5.74) is 5.99. The predicted octanol–water partition coefficient (Wildman–Crippen LogP) is 6.89. The van der Waals surface area contributed by atoms with Crippen LogP contribution in [-0.4, -0.2) is 0 Å². The minimum absolute atomic E-state index is 0. The van der Waals surface area contributed by atoms with Gasteiger partial charge in [-0.15, -0.1) is 59.7 Å². The van der Waals surface area contributed by atoms with Crippen molar-refractivity contribution in [2.24, 2.45) is 0 Å². The molecule has 0 unspecified atom stereocenters. The molecule has 3 heteroatoms. The van der Waals surface area contributed by atoms with Crippen LogP contribution in [0.25, 0.3) is 24.3 Å². The average molecular weight is 440 g/mol. The first-order chi connectivity index (χ1) is 14.8. The van der Waals surface area contributed by atoms with E-state index in [9.17, 15) is 0 Å². The quantitative estimate of drug-likeness (QED) is 0.256. The van der Waals surface area contributed by atoms with Gasteiger partial charge in [-0.25, -0.2) is 0 Å². The summed E-state index contributed by atoms with van der Waals surface area (Å²) >= 11 is 0. The standard InChI is InChI=1S/2C14H10N.Fe/c2*15-11-14-9-7-13(8-10-14)6-5-12-3-1-2-4-12;/h2*1-10H;/q2*-1;. The van der Waals surface area contributed by atoms with Crippen molar-refractivity contribution in [3.05, 3.63) is 130 Å². The fourth-order valence-electron chi connectivity index (χ4n) is 2.72. The van der Waals surface area contributed by atoms with E-state index >= 15 is 0 Å². The van der Waals surface area contributed by atoms with Crippen LogP contribution in [0.15, 0.2) is 97.1 Å². The van der Waals surface area contributed by atoms with Gasteiger partial charge < -0.3 is 0 Å². The minimum Gasteiger partial charge on any atom is -0.192 e. The van der Waals surface area contributed by atoms with E-state index in [0.29, 0.717) is 11.1 Å². The van der Waals surface area contributed by atoms with E-state index in [0.717, 1.165) is 11.1 Å². The first-order valence-electron chi connectivity index (χ1n) is 9.57. The van der Waals surface area contributed by atoms with Crippen LogP contribution in [0.3, 0.4) is 0 Å². The Balaban J connectivity index is 0.000000213. The molecule has 152 valence electrons. The summed E-state index contributed by atoms with van der Waals surface area (Å²) in [5.74, 6) is 0. The van der Waals surface area contributed by atoms with Crippen molar-refractivity contribution in [2.45, 2.75) is 0 Å². The van der Waals surface area contributed by atoms with Crippen molar-refractivity contribution in [3.8, 4) is 12.1 Å². The molecule has 31 heavy (non-hydrogen) atoms. The van der Waals surface area contributed by atoms with Crippen LogP contribution >= 0.6 is 0 Å². The summed E-state index contributed by atoms with van der Waals surface area (Å²) in [5, 5.41) is 17.3. The van der Waals surface area contributed by atoms with Gasteiger partial charge in [0.25, 0.3) is 0 Å². The summed E-state index contributed by atoms with van der Waals surface area (Å²) < 4.78 is 0. The van der Waals surface area contributed by atoms with Gasteiger partial charge >= 0.3 is 0 Å². The maximum Gasteiger partial charge on any atom is 0.0991 e. The van der Waals surface area contributed by atoms with Gasteiger partial charge in [0.05, 0.1) is 23.3 Å². The van der Waals surface area contributed by atoms with Crippen molar-refractivity contribution in [3.63, 3.8) is 0 Å². The van der Waals surface area contributed by atoms with E-state index in [-0.39, 0.29) is 17.1 Å². The molecule has 0 spiro atoms. The molecule has 4 aromatic carbocycles. The predicted molar refractivity (Wildman–Crippen MR) is 124 cm³/mol. The second-order valence-corrected chi connectivity index (χ2v) is 6.57. The molecule has 0 bridgehead atoms. The van der Waals surface area contributed by atoms with Crippen molar-refractivity contribution >= 4 is 24.3 Å². The molecule has 0 radical (unpaired) electrons. The molecule has 0 fully saturated rings. The molecule has 4 aromatic rings. The van der Waals surface area contributed by atoms with E-state index in [1.54, 1.807) is 0 Å². The largest absolute Gasteiger partial charge is 0.192 e. The normalized spacial score (nSPS) is 10.0. The van der Waals surface area contributed by atoms with Crippen LogP contribution < -0.4 is 0 Å². The zero-order valence-corrected chi connectivity index (χ0v) is 17.9. The SMILES string of the molecule is N#Cc1ccc(C=C[c-]2cccc2)cc1.N#Cc1ccc(C=C[c-]2cccc2)cc1.[Fe]. The average Bonchev–Trinajstić information content (AvgIpc) is 3.52. The van der Waals surface area contributed by atoms with Gasteiger partial charge in [0.1, 0.15) is 0 Å². The van der Waals surface area contributed by atoms with Crippen molar-refractivity contribution in [1.82, 2.24) is 0 Å². The monoisotopic (exact) mass is 440 g/mol. The van der Waals surface area contributed by atoms with E-state index in [4.69, 9.17) is 10.5 Å². The summed E-state index contributed by atoms with van der Waals surface area (Å²) in [7, 11) is 0. The molecule has 2 nitrogen and oxygen atoms in total. The van der Waals surface area contributed by atoms with Crippen LogP contribution in [0.4, 0.5) is 0 Å². The molecule has 0 N–H and O–H groups in total. The van der Waals surface area contributed by atoms with Gasteiger partial charge in [0.2, 0.25) is 0 Å². The molecular formula is C28H20FeN2-2. The Bertz CT molecular complexity index is 1070. The van der Waals surface area contributed by atoms with E-state index in [1.807, 2.05) is 84.9 Å². The van der Waals surface area contributed by atoms with Crippen molar-refractivity contribution in [1.29, 1.82) is 10.5 Å². The number of nitriles is 2. The molecule has 0 saturated heterocycles. The second-order valence-electron chi connectivity index (χ2n) is 6.57. The summed E-state index contributed by atoms with van der Waals surface area (Å²) in [4.78, 5) is 0. The molecule has 0 heterocycles. The van der Waals surface area contributed by atoms with Gasteiger partial charge in [0.15, 0.2) is 0 Å². The van der Waals surface area contributed by atoms with Crippen LogP contribution in [0.5, 0.6) is 0 Å². The molecule has 0 aromatic heterocycles. The fraction of sp³-hybridized carbons (Fsp3) is 0. The van der Waals surface area contributed by atoms with Gasteiger partial charge in [-0.2, -0.15) is 34.8 Å². The van der Waals surface area contributed by atoms with E-state index in [1.165, 1.54) is 11.1 Å². The molecule has 0 aliphatic carbocycles. The Kier molecular flexibility index (Phi) is 9.54. The molecule has 0 saturated carbocycles. The zero-order chi connectivity index (χ0) is 21.0. The Morgan fingerprint density at radius 3 is 1.16 bits per heavy atom. The van der Waals surface area contributed by atoms with Crippen molar-refractivity contribution in [2.75, 3.05) is 0 Å². The Hall–Kier alpha value is -3.88. The molecule has 4 rings (SSSR count). The minimum atomic E-state index is 0. The smallest absolute Gasteiger partial charge is 0.0991 e. The molecule has 0 aliphatic heterocycles. The topological polar surface area (TPSA) is 47.6 Å². The van der Waals surface area contributed by atoms with Crippen LogP contribution in [0.2, 0.25) is 0 Å². The third-order valence-electron chi connectivity index (χ3n) is 4.39. The van der Waals surface area contributed by atoms with E-state index < -0.39 is 0 Å². The number of hydrogen-bond donors (Lipinski definition) is 0. The number of nitrogens with zero attached hydrogens (tertiary/aromatic N) is 2. The number of hydrogen-bond acceptors (Lipinski definition) is 2. The first kappa shape index (κ1) is 23.4. The summed E-state index contributed by atoms with van der Waals surface area (Å²) in [6.45, 7) is 0. The Morgan fingerprint density at radius 2 is 0.871 bits per heavy atom. The zero-order valence-electron chi connectivity index (χ0n) is 16.8. The number of rotatable bonds is 4. The summed E-state index contributed by atoms with van der Waals surface area (Å²) in [6, 6.07) is 35.5. The maximum atomic E-state index is 8.64. The maximum absolute atomic E-state index is 8.64. The van der Waals surface area contributed by atoms with Crippen LogP contribution in [0.1, 0.15) is 33.4 Å². The van der Waals surface area contributed by atoms with Gasteiger partial charge in [-0.1, -0.05) is 35.4 Å². The Morgan fingerprint density at radius 1 is 0.548 bits per heavy atom. The Labute approximate surface area is 194 Å². The van der Waals surface area contributed by atoms with Crippen LogP contribution in [-0.2, 0) is 17.1 Å². The molecule has 0 amide bonds. The van der Waals surface area contributed by atoms with Gasteiger partial charge in [0, 0.05) is 17.1 Å². The fourth-order valence-corrected chi connectivity index (χ4v) is 2.72. The van der Waals surface area contributed by atoms with Crippen molar-refractivity contribution < 1.29 is 17.1 Å². The van der Waals surface area contributed by atoms with Gasteiger partial charge in [-0.05, 0) is 24.3 Å². The third kappa shape index (κ3) is 7.81. The molecular weight excluding hydrogens is 420 g/mol. The number of benzene rings is 2. The molecule has 0 aliphatic rings. The van der Waals surface area contributed by atoms with Gasteiger partial charge in [-0.3, -0.25) is 0 Å².